The lowest BCUT2D eigenvalue weighted by Crippen LogP contribution is -2.16. The molecular weight excluding hydrogens is 182 g/mol. The van der Waals surface area contributed by atoms with Gasteiger partial charge in [-0.3, -0.25) is 0 Å². The Kier molecular flexibility index (Phi) is 5.41. The van der Waals surface area contributed by atoms with Gasteiger partial charge in [-0.25, -0.2) is 0 Å². The standard InChI is InChI=1S/C14H23N/c1-4-12(2)9-10-15-11-14-7-5-13(3)6-8-14/h5-8,12,15H,4,9-11H2,1-3H3. The molecule has 0 amide bonds. The van der Waals surface area contributed by atoms with E-state index in [2.05, 4.69) is 50.4 Å². The van der Waals surface area contributed by atoms with Crippen LogP contribution >= 0.6 is 0 Å². The molecule has 1 aromatic rings. The van der Waals surface area contributed by atoms with Crippen LogP contribution in [0.3, 0.4) is 0 Å². The zero-order chi connectivity index (χ0) is 11.1. The van der Waals surface area contributed by atoms with Crippen LogP contribution in [-0.2, 0) is 6.54 Å². The predicted molar refractivity (Wildman–Crippen MR) is 67.0 cm³/mol. The quantitative estimate of drug-likeness (QED) is 0.701. The van der Waals surface area contributed by atoms with E-state index in [9.17, 15) is 0 Å². The van der Waals surface area contributed by atoms with Crippen LogP contribution in [-0.4, -0.2) is 6.54 Å². The van der Waals surface area contributed by atoms with Crippen molar-refractivity contribution in [3.63, 3.8) is 0 Å². The Morgan fingerprint density at radius 2 is 1.87 bits per heavy atom. The molecule has 0 spiro atoms. The van der Waals surface area contributed by atoms with Crippen LogP contribution in [0.2, 0.25) is 0 Å². The molecule has 0 aliphatic rings. The average Bonchev–Trinajstić information content (AvgIpc) is 2.26. The number of rotatable bonds is 6. The van der Waals surface area contributed by atoms with Crippen LogP contribution in [0, 0.1) is 12.8 Å². The van der Waals surface area contributed by atoms with E-state index in [-0.39, 0.29) is 0 Å². The Hall–Kier alpha value is -0.820. The average molecular weight is 205 g/mol. The molecule has 1 rings (SSSR count). The summed E-state index contributed by atoms with van der Waals surface area (Å²) in [7, 11) is 0. The molecule has 0 aliphatic heterocycles. The van der Waals surface area contributed by atoms with Gasteiger partial charge in [0.25, 0.3) is 0 Å². The minimum absolute atomic E-state index is 0.843. The summed E-state index contributed by atoms with van der Waals surface area (Å²) in [6.07, 6.45) is 2.56. The van der Waals surface area contributed by atoms with Crippen molar-refractivity contribution in [2.75, 3.05) is 6.54 Å². The molecule has 0 radical (unpaired) electrons. The van der Waals surface area contributed by atoms with Crippen LogP contribution in [0.1, 0.15) is 37.8 Å². The Balaban J connectivity index is 2.17. The molecule has 1 nitrogen and oxygen atoms in total. The first kappa shape index (κ1) is 12.3. The van der Waals surface area contributed by atoms with Gasteiger partial charge in [0.2, 0.25) is 0 Å². The van der Waals surface area contributed by atoms with Crippen molar-refractivity contribution < 1.29 is 0 Å². The molecule has 0 heterocycles. The summed E-state index contributed by atoms with van der Waals surface area (Å²) in [5.74, 6) is 0.843. The summed E-state index contributed by atoms with van der Waals surface area (Å²) in [5.41, 5.74) is 2.71. The van der Waals surface area contributed by atoms with Crippen molar-refractivity contribution >= 4 is 0 Å². The van der Waals surface area contributed by atoms with Crippen LogP contribution in [0.25, 0.3) is 0 Å². The van der Waals surface area contributed by atoms with Crippen LogP contribution in [0.15, 0.2) is 24.3 Å². The second kappa shape index (κ2) is 6.62. The summed E-state index contributed by atoms with van der Waals surface area (Å²) >= 11 is 0. The minimum Gasteiger partial charge on any atom is -0.313 e. The van der Waals surface area contributed by atoms with Gasteiger partial charge in [-0.05, 0) is 31.4 Å². The summed E-state index contributed by atoms with van der Waals surface area (Å²) < 4.78 is 0. The van der Waals surface area contributed by atoms with E-state index < -0.39 is 0 Å². The van der Waals surface area contributed by atoms with Gasteiger partial charge in [-0.15, -0.1) is 0 Å². The fraction of sp³-hybridized carbons (Fsp3) is 0.571. The van der Waals surface area contributed by atoms with Gasteiger partial charge in [0.05, 0.1) is 0 Å². The lowest BCUT2D eigenvalue weighted by molar-refractivity contribution is 0.488. The van der Waals surface area contributed by atoms with E-state index in [1.807, 2.05) is 0 Å². The van der Waals surface area contributed by atoms with Crippen LogP contribution in [0.4, 0.5) is 0 Å². The Labute approximate surface area is 93.9 Å². The van der Waals surface area contributed by atoms with Crippen LogP contribution in [0.5, 0.6) is 0 Å². The van der Waals surface area contributed by atoms with Gasteiger partial charge in [-0.1, -0.05) is 50.1 Å². The maximum Gasteiger partial charge on any atom is 0.0205 e. The smallest absolute Gasteiger partial charge is 0.0205 e. The highest BCUT2D eigenvalue weighted by molar-refractivity contribution is 5.20. The van der Waals surface area contributed by atoms with Gasteiger partial charge in [0.1, 0.15) is 0 Å². The van der Waals surface area contributed by atoms with Gasteiger partial charge in [0, 0.05) is 6.54 Å². The Bertz CT molecular complexity index is 263. The second-order valence-electron chi connectivity index (χ2n) is 4.46. The molecule has 0 saturated carbocycles. The molecule has 84 valence electrons. The molecule has 1 unspecified atom stereocenters. The second-order valence-corrected chi connectivity index (χ2v) is 4.46. The fourth-order valence-electron chi connectivity index (χ4n) is 1.49. The number of nitrogens with one attached hydrogen (secondary N) is 1. The number of benzene rings is 1. The van der Waals surface area contributed by atoms with E-state index >= 15 is 0 Å². The largest absolute Gasteiger partial charge is 0.313 e. The maximum absolute atomic E-state index is 3.49. The highest BCUT2D eigenvalue weighted by Gasteiger charge is 1.97. The zero-order valence-corrected chi connectivity index (χ0v) is 10.2. The lowest BCUT2D eigenvalue weighted by Gasteiger charge is -2.09. The predicted octanol–water partition coefficient (Wildman–Crippen LogP) is 3.52. The van der Waals surface area contributed by atoms with Crippen molar-refractivity contribution in [2.45, 2.75) is 40.2 Å². The van der Waals surface area contributed by atoms with Crippen molar-refractivity contribution in [3.05, 3.63) is 35.4 Å². The monoisotopic (exact) mass is 205 g/mol. The van der Waals surface area contributed by atoms with Crippen molar-refractivity contribution in [3.8, 4) is 0 Å². The van der Waals surface area contributed by atoms with Gasteiger partial charge < -0.3 is 5.32 Å². The van der Waals surface area contributed by atoms with Crippen molar-refractivity contribution in [2.24, 2.45) is 5.92 Å². The molecule has 1 N–H and O–H groups in total. The van der Waals surface area contributed by atoms with Gasteiger partial charge >= 0.3 is 0 Å². The van der Waals surface area contributed by atoms with E-state index in [4.69, 9.17) is 0 Å². The van der Waals surface area contributed by atoms with Crippen molar-refractivity contribution in [1.29, 1.82) is 0 Å². The highest BCUT2D eigenvalue weighted by atomic mass is 14.8. The first-order valence-corrected chi connectivity index (χ1v) is 5.98. The molecule has 1 aromatic carbocycles. The van der Waals surface area contributed by atoms with E-state index in [1.54, 1.807) is 0 Å². The fourth-order valence-corrected chi connectivity index (χ4v) is 1.49. The molecular formula is C14H23N. The number of hydrogen-bond acceptors (Lipinski definition) is 1. The third kappa shape index (κ3) is 4.98. The van der Waals surface area contributed by atoms with Crippen molar-refractivity contribution in [1.82, 2.24) is 5.32 Å². The molecule has 15 heavy (non-hydrogen) atoms. The maximum atomic E-state index is 3.49. The normalized spacial score (nSPS) is 12.7. The number of aryl methyl sites for hydroxylation is 1. The first-order chi connectivity index (χ1) is 7.22. The summed E-state index contributed by atoms with van der Waals surface area (Å²) in [5, 5.41) is 3.49. The zero-order valence-electron chi connectivity index (χ0n) is 10.2. The SMILES string of the molecule is CCC(C)CCNCc1ccc(C)cc1. The summed E-state index contributed by atoms with van der Waals surface area (Å²) in [6.45, 7) is 8.82. The minimum atomic E-state index is 0.843. The molecule has 0 aromatic heterocycles. The Morgan fingerprint density at radius 1 is 1.20 bits per heavy atom. The molecule has 0 aliphatic carbocycles. The molecule has 0 saturated heterocycles. The highest BCUT2D eigenvalue weighted by Crippen LogP contribution is 2.05. The molecule has 0 fully saturated rings. The third-order valence-electron chi connectivity index (χ3n) is 2.96. The van der Waals surface area contributed by atoms with E-state index in [1.165, 1.54) is 24.0 Å². The number of hydrogen-bond donors (Lipinski definition) is 1. The van der Waals surface area contributed by atoms with Gasteiger partial charge in [0.15, 0.2) is 0 Å². The summed E-state index contributed by atoms with van der Waals surface area (Å²) in [4.78, 5) is 0. The van der Waals surface area contributed by atoms with E-state index in [0.717, 1.165) is 19.0 Å². The Morgan fingerprint density at radius 3 is 2.47 bits per heavy atom. The molecule has 1 atom stereocenters. The lowest BCUT2D eigenvalue weighted by atomic mass is 10.1. The van der Waals surface area contributed by atoms with Crippen LogP contribution < -0.4 is 5.32 Å². The summed E-state index contributed by atoms with van der Waals surface area (Å²) in [6, 6.07) is 8.74. The molecule has 0 bridgehead atoms. The molecule has 1 heteroatoms. The topological polar surface area (TPSA) is 12.0 Å². The third-order valence-corrected chi connectivity index (χ3v) is 2.96. The van der Waals surface area contributed by atoms with E-state index in [0.29, 0.717) is 0 Å². The van der Waals surface area contributed by atoms with Gasteiger partial charge in [-0.2, -0.15) is 0 Å². The first-order valence-electron chi connectivity index (χ1n) is 5.98.